The van der Waals surface area contributed by atoms with Gasteiger partial charge in [-0.1, -0.05) is 37.8 Å². The third-order valence-corrected chi connectivity index (χ3v) is 4.17. The summed E-state index contributed by atoms with van der Waals surface area (Å²) in [7, 11) is 1.86. The molecule has 1 aliphatic carbocycles. The number of amides is 1. The van der Waals surface area contributed by atoms with Gasteiger partial charge in [-0.05, 0) is 30.0 Å². The van der Waals surface area contributed by atoms with Crippen LogP contribution >= 0.6 is 0 Å². The van der Waals surface area contributed by atoms with Crippen LogP contribution in [0.15, 0.2) is 24.3 Å². The molecule has 2 rings (SSSR count). The highest BCUT2D eigenvalue weighted by atomic mass is 16.2. The fourth-order valence-corrected chi connectivity index (χ4v) is 2.86. The van der Waals surface area contributed by atoms with Gasteiger partial charge >= 0.3 is 0 Å². The number of hydrogen-bond acceptors (Lipinski definition) is 2. The van der Waals surface area contributed by atoms with Gasteiger partial charge in [-0.25, -0.2) is 0 Å². The van der Waals surface area contributed by atoms with Crippen molar-refractivity contribution in [2.45, 2.75) is 45.1 Å². The maximum Gasteiger partial charge on any atom is 0.222 e. The van der Waals surface area contributed by atoms with E-state index in [1.807, 2.05) is 19.2 Å². The first kappa shape index (κ1) is 14.6. The second kappa shape index (κ2) is 7.09. The zero-order valence-corrected chi connectivity index (χ0v) is 12.1. The molecule has 1 aromatic rings. The third kappa shape index (κ3) is 4.09. The van der Waals surface area contributed by atoms with Crippen LogP contribution in [-0.2, 0) is 11.3 Å². The average molecular weight is 270 g/mol. The Hall–Kier alpha value is -1.82. The highest BCUT2D eigenvalue weighted by molar-refractivity contribution is 5.75. The Kier molecular flexibility index (Phi) is 5.17. The van der Waals surface area contributed by atoms with E-state index in [1.54, 1.807) is 17.0 Å². The maximum atomic E-state index is 12.1. The van der Waals surface area contributed by atoms with Crippen molar-refractivity contribution in [2.75, 3.05) is 7.05 Å². The normalized spacial score (nSPS) is 15.0. The van der Waals surface area contributed by atoms with Crippen molar-refractivity contribution in [3.8, 4) is 6.07 Å². The molecule has 1 aromatic carbocycles. The van der Waals surface area contributed by atoms with Crippen molar-refractivity contribution in [1.82, 2.24) is 4.90 Å². The number of nitriles is 1. The van der Waals surface area contributed by atoms with Gasteiger partial charge in [-0.3, -0.25) is 4.79 Å². The van der Waals surface area contributed by atoms with Gasteiger partial charge in [0.15, 0.2) is 0 Å². The van der Waals surface area contributed by atoms with Gasteiger partial charge in [0, 0.05) is 20.0 Å². The summed E-state index contributed by atoms with van der Waals surface area (Å²) < 4.78 is 0. The molecule has 0 spiro atoms. The molecule has 20 heavy (non-hydrogen) atoms. The fourth-order valence-electron chi connectivity index (χ4n) is 2.86. The van der Waals surface area contributed by atoms with E-state index >= 15 is 0 Å². The topological polar surface area (TPSA) is 44.1 Å². The molecular formula is C17H22N2O. The summed E-state index contributed by atoms with van der Waals surface area (Å²) in [5.74, 6) is 0.989. The summed E-state index contributed by atoms with van der Waals surface area (Å²) in [6.07, 6.45) is 6.97. The van der Waals surface area contributed by atoms with E-state index in [0.717, 1.165) is 17.9 Å². The predicted octanol–water partition coefficient (Wildman–Crippen LogP) is 3.49. The van der Waals surface area contributed by atoms with Gasteiger partial charge < -0.3 is 4.90 Å². The summed E-state index contributed by atoms with van der Waals surface area (Å²) in [5.41, 5.74) is 1.73. The lowest BCUT2D eigenvalue weighted by atomic mass is 10.0. The van der Waals surface area contributed by atoms with Crippen LogP contribution in [0, 0.1) is 17.2 Å². The second-order valence-electron chi connectivity index (χ2n) is 5.75. The van der Waals surface area contributed by atoms with Crippen LogP contribution in [-0.4, -0.2) is 17.9 Å². The monoisotopic (exact) mass is 270 g/mol. The Labute approximate surface area is 121 Å². The van der Waals surface area contributed by atoms with Crippen molar-refractivity contribution < 1.29 is 4.79 Å². The molecule has 3 heteroatoms. The van der Waals surface area contributed by atoms with E-state index in [0.29, 0.717) is 18.5 Å². The fraction of sp³-hybridized carbons (Fsp3) is 0.529. The first-order valence-electron chi connectivity index (χ1n) is 7.42. The van der Waals surface area contributed by atoms with E-state index in [9.17, 15) is 4.79 Å². The standard InChI is InChI=1S/C17H22N2O/c1-19(13-16-8-6-15(12-18)7-9-16)17(20)11-10-14-4-2-3-5-14/h6-9,14H,2-5,10-11,13H2,1H3. The molecule has 0 bridgehead atoms. The molecule has 3 nitrogen and oxygen atoms in total. The van der Waals surface area contributed by atoms with Crippen molar-refractivity contribution in [2.24, 2.45) is 5.92 Å². The number of benzene rings is 1. The van der Waals surface area contributed by atoms with Gasteiger partial charge in [0.2, 0.25) is 5.91 Å². The molecule has 0 atom stereocenters. The van der Waals surface area contributed by atoms with Gasteiger partial charge in [-0.2, -0.15) is 5.26 Å². The third-order valence-electron chi connectivity index (χ3n) is 4.17. The van der Waals surface area contributed by atoms with E-state index in [-0.39, 0.29) is 5.91 Å². The van der Waals surface area contributed by atoms with Crippen LogP contribution in [0.25, 0.3) is 0 Å². The lowest BCUT2D eigenvalue weighted by Gasteiger charge is -2.18. The van der Waals surface area contributed by atoms with E-state index in [2.05, 4.69) is 6.07 Å². The van der Waals surface area contributed by atoms with E-state index in [1.165, 1.54) is 25.7 Å². The molecule has 0 aromatic heterocycles. The van der Waals surface area contributed by atoms with Crippen molar-refractivity contribution in [3.05, 3.63) is 35.4 Å². The minimum absolute atomic E-state index is 0.223. The Morgan fingerprint density at radius 1 is 1.30 bits per heavy atom. The number of carbonyl (C=O) groups excluding carboxylic acids is 1. The zero-order valence-electron chi connectivity index (χ0n) is 12.1. The average Bonchev–Trinajstić information content (AvgIpc) is 2.98. The van der Waals surface area contributed by atoms with Gasteiger partial charge in [0.25, 0.3) is 0 Å². The Balaban J connectivity index is 1.79. The van der Waals surface area contributed by atoms with Crippen molar-refractivity contribution in [1.29, 1.82) is 5.26 Å². The molecular weight excluding hydrogens is 248 g/mol. The highest BCUT2D eigenvalue weighted by Gasteiger charge is 2.17. The number of nitrogens with zero attached hydrogens (tertiary/aromatic N) is 2. The minimum atomic E-state index is 0.223. The molecule has 0 radical (unpaired) electrons. The summed E-state index contributed by atoms with van der Waals surface area (Å²) in [6.45, 7) is 0.620. The predicted molar refractivity (Wildman–Crippen MR) is 78.8 cm³/mol. The second-order valence-corrected chi connectivity index (χ2v) is 5.75. The van der Waals surface area contributed by atoms with Crippen molar-refractivity contribution >= 4 is 5.91 Å². The van der Waals surface area contributed by atoms with Crippen LogP contribution in [0.5, 0.6) is 0 Å². The molecule has 0 aliphatic heterocycles. The molecule has 0 saturated heterocycles. The SMILES string of the molecule is CN(Cc1ccc(C#N)cc1)C(=O)CCC1CCCC1. The Morgan fingerprint density at radius 2 is 1.95 bits per heavy atom. The number of rotatable bonds is 5. The molecule has 106 valence electrons. The van der Waals surface area contributed by atoms with Crippen molar-refractivity contribution in [3.63, 3.8) is 0 Å². The molecule has 0 heterocycles. The number of hydrogen-bond donors (Lipinski definition) is 0. The quantitative estimate of drug-likeness (QED) is 0.822. The summed E-state index contributed by atoms with van der Waals surface area (Å²) >= 11 is 0. The Bertz CT molecular complexity index is 481. The van der Waals surface area contributed by atoms with Crippen LogP contribution in [0.3, 0.4) is 0 Å². The maximum absolute atomic E-state index is 12.1. The largest absolute Gasteiger partial charge is 0.341 e. The summed E-state index contributed by atoms with van der Waals surface area (Å²) in [4.78, 5) is 13.9. The lowest BCUT2D eigenvalue weighted by molar-refractivity contribution is -0.130. The number of carbonyl (C=O) groups is 1. The molecule has 0 N–H and O–H groups in total. The molecule has 1 fully saturated rings. The molecule has 1 amide bonds. The zero-order chi connectivity index (χ0) is 14.4. The smallest absolute Gasteiger partial charge is 0.222 e. The van der Waals surface area contributed by atoms with Gasteiger partial charge in [-0.15, -0.1) is 0 Å². The molecule has 1 aliphatic rings. The van der Waals surface area contributed by atoms with E-state index in [4.69, 9.17) is 5.26 Å². The summed E-state index contributed by atoms with van der Waals surface area (Å²) in [5, 5.41) is 8.76. The summed E-state index contributed by atoms with van der Waals surface area (Å²) in [6, 6.07) is 9.53. The lowest BCUT2D eigenvalue weighted by Crippen LogP contribution is -2.26. The Morgan fingerprint density at radius 3 is 2.55 bits per heavy atom. The van der Waals surface area contributed by atoms with Crippen LogP contribution in [0.2, 0.25) is 0 Å². The first-order valence-corrected chi connectivity index (χ1v) is 7.42. The minimum Gasteiger partial charge on any atom is -0.341 e. The van der Waals surface area contributed by atoms with Crippen LogP contribution in [0.4, 0.5) is 0 Å². The van der Waals surface area contributed by atoms with Crippen LogP contribution in [0.1, 0.15) is 49.7 Å². The molecule has 0 unspecified atom stereocenters. The van der Waals surface area contributed by atoms with Gasteiger partial charge in [0.1, 0.15) is 0 Å². The first-order chi connectivity index (χ1) is 9.69. The highest BCUT2D eigenvalue weighted by Crippen LogP contribution is 2.28. The molecule has 1 saturated carbocycles. The van der Waals surface area contributed by atoms with Crippen LogP contribution < -0.4 is 0 Å². The van der Waals surface area contributed by atoms with Gasteiger partial charge in [0.05, 0.1) is 11.6 Å². The van der Waals surface area contributed by atoms with E-state index < -0.39 is 0 Å².